The zero-order valence-electron chi connectivity index (χ0n) is 10.0. The van der Waals surface area contributed by atoms with E-state index >= 15 is 0 Å². The first-order valence-corrected chi connectivity index (χ1v) is 6.17. The lowest BCUT2D eigenvalue weighted by Gasteiger charge is -2.12. The number of hydrogen-bond acceptors (Lipinski definition) is 3. The lowest BCUT2D eigenvalue weighted by Crippen LogP contribution is -2.28. The summed E-state index contributed by atoms with van der Waals surface area (Å²) in [7, 11) is 0. The molecule has 0 bridgehead atoms. The molecule has 3 nitrogen and oxygen atoms in total. The molecular weight excluding hydrogens is 214 g/mol. The van der Waals surface area contributed by atoms with Crippen molar-refractivity contribution < 1.29 is 9.15 Å². The first kappa shape index (κ1) is 10.7. The first-order valence-electron chi connectivity index (χ1n) is 6.17. The molecule has 3 heteroatoms. The van der Waals surface area contributed by atoms with E-state index in [1.807, 2.05) is 25.1 Å². The third kappa shape index (κ3) is 2.03. The van der Waals surface area contributed by atoms with Gasteiger partial charge in [-0.25, -0.2) is 0 Å². The van der Waals surface area contributed by atoms with Gasteiger partial charge in [-0.15, -0.1) is 0 Å². The molecule has 1 N–H and O–H groups in total. The minimum absolute atomic E-state index is 0.498. The van der Waals surface area contributed by atoms with Crippen LogP contribution in [0.3, 0.4) is 0 Å². The SMILES string of the molecule is Cc1coc2cccc(OCC3CCCN3)c12. The van der Waals surface area contributed by atoms with E-state index in [2.05, 4.69) is 5.32 Å². The number of aryl methyl sites for hydroxylation is 1. The lowest BCUT2D eigenvalue weighted by molar-refractivity contribution is 0.280. The average Bonchev–Trinajstić information content (AvgIpc) is 2.97. The molecule has 0 amide bonds. The summed E-state index contributed by atoms with van der Waals surface area (Å²) in [5, 5.41) is 4.54. The van der Waals surface area contributed by atoms with Gasteiger partial charge in [-0.05, 0) is 44.0 Å². The smallest absolute Gasteiger partial charge is 0.137 e. The number of benzene rings is 1. The van der Waals surface area contributed by atoms with Gasteiger partial charge in [0, 0.05) is 6.04 Å². The Hall–Kier alpha value is -1.48. The fourth-order valence-electron chi connectivity index (χ4n) is 2.42. The van der Waals surface area contributed by atoms with E-state index in [1.54, 1.807) is 6.26 Å². The van der Waals surface area contributed by atoms with Gasteiger partial charge in [0.05, 0.1) is 11.6 Å². The number of ether oxygens (including phenoxy) is 1. The van der Waals surface area contributed by atoms with Crippen LogP contribution < -0.4 is 10.1 Å². The zero-order chi connectivity index (χ0) is 11.7. The van der Waals surface area contributed by atoms with Crippen molar-refractivity contribution in [2.24, 2.45) is 0 Å². The minimum Gasteiger partial charge on any atom is -0.491 e. The summed E-state index contributed by atoms with van der Waals surface area (Å²) < 4.78 is 11.4. The largest absolute Gasteiger partial charge is 0.491 e. The van der Waals surface area contributed by atoms with Crippen LogP contribution in [0.15, 0.2) is 28.9 Å². The van der Waals surface area contributed by atoms with Crippen molar-refractivity contribution in [2.45, 2.75) is 25.8 Å². The fourth-order valence-corrected chi connectivity index (χ4v) is 2.42. The van der Waals surface area contributed by atoms with Crippen LogP contribution in [0, 0.1) is 6.92 Å². The van der Waals surface area contributed by atoms with E-state index in [0.717, 1.165) is 35.4 Å². The summed E-state index contributed by atoms with van der Waals surface area (Å²) in [6.07, 6.45) is 4.24. The summed E-state index contributed by atoms with van der Waals surface area (Å²) in [5.41, 5.74) is 2.04. The second-order valence-electron chi connectivity index (χ2n) is 4.65. The maximum atomic E-state index is 5.92. The van der Waals surface area contributed by atoms with E-state index < -0.39 is 0 Å². The van der Waals surface area contributed by atoms with Crippen molar-refractivity contribution in [1.29, 1.82) is 0 Å². The maximum absolute atomic E-state index is 5.92. The molecule has 1 aromatic heterocycles. The van der Waals surface area contributed by atoms with Crippen molar-refractivity contribution in [3.8, 4) is 5.75 Å². The number of rotatable bonds is 3. The quantitative estimate of drug-likeness (QED) is 0.882. The van der Waals surface area contributed by atoms with Crippen LogP contribution in [0.1, 0.15) is 18.4 Å². The minimum atomic E-state index is 0.498. The molecule has 90 valence electrons. The van der Waals surface area contributed by atoms with Crippen molar-refractivity contribution in [3.63, 3.8) is 0 Å². The first-order chi connectivity index (χ1) is 8.34. The second-order valence-corrected chi connectivity index (χ2v) is 4.65. The third-order valence-electron chi connectivity index (χ3n) is 3.35. The van der Waals surface area contributed by atoms with Crippen LogP contribution in [0.25, 0.3) is 11.0 Å². The molecule has 1 aliphatic heterocycles. The Morgan fingerprint density at radius 1 is 1.47 bits per heavy atom. The van der Waals surface area contributed by atoms with Gasteiger partial charge in [0.1, 0.15) is 17.9 Å². The van der Waals surface area contributed by atoms with Crippen LogP contribution in [0.4, 0.5) is 0 Å². The molecule has 1 unspecified atom stereocenters. The van der Waals surface area contributed by atoms with E-state index in [-0.39, 0.29) is 0 Å². The highest BCUT2D eigenvalue weighted by Crippen LogP contribution is 2.30. The molecule has 1 aliphatic rings. The Bertz CT molecular complexity index is 512. The molecule has 0 aliphatic carbocycles. The normalized spacial score (nSPS) is 19.9. The van der Waals surface area contributed by atoms with E-state index in [0.29, 0.717) is 6.04 Å². The highest BCUT2D eigenvalue weighted by Gasteiger charge is 2.15. The van der Waals surface area contributed by atoms with Gasteiger partial charge >= 0.3 is 0 Å². The van der Waals surface area contributed by atoms with Gasteiger partial charge in [0.2, 0.25) is 0 Å². The number of nitrogens with one attached hydrogen (secondary N) is 1. The van der Waals surface area contributed by atoms with Gasteiger partial charge < -0.3 is 14.5 Å². The monoisotopic (exact) mass is 231 g/mol. The van der Waals surface area contributed by atoms with Crippen LogP contribution >= 0.6 is 0 Å². The number of fused-ring (bicyclic) bond motifs is 1. The lowest BCUT2D eigenvalue weighted by atomic mass is 10.2. The number of furan rings is 1. The average molecular weight is 231 g/mol. The standard InChI is InChI=1S/C14H17NO2/c1-10-8-16-12-5-2-6-13(14(10)12)17-9-11-4-3-7-15-11/h2,5-6,8,11,15H,3-4,7,9H2,1H3. The fraction of sp³-hybridized carbons (Fsp3) is 0.429. The second kappa shape index (κ2) is 4.41. The van der Waals surface area contributed by atoms with Gasteiger partial charge in [-0.3, -0.25) is 0 Å². The summed E-state index contributed by atoms with van der Waals surface area (Å²) in [5.74, 6) is 0.933. The van der Waals surface area contributed by atoms with Crippen LogP contribution in [-0.2, 0) is 0 Å². The van der Waals surface area contributed by atoms with Crippen LogP contribution in [0.2, 0.25) is 0 Å². The zero-order valence-corrected chi connectivity index (χ0v) is 10.0. The molecule has 2 aromatic rings. The molecule has 1 atom stereocenters. The van der Waals surface area contributed by atoms with E-state index in [9.17, 15) is 0 Å². The Morgan fingerprint density at radius 2 is 2.41 bits per heavy atom. The third-order valence-corrected chi connectivity index (χ3v) is 3.35. The molecule has 1 aromatic carbocycles. The molecule has 17 heavy (non-hydrogen) atoms. The topological polar surface area (TPSA) is 34.4 Å². The molecule has 1 saturated heterocycles. The maximum Gasteiger partial charge on any atom is 0.137 e. The predicted octanol–water partition coefficient (Wildman–Crippen LogP) is 2.87. The van der Waals surface area contributed by atoms with Gasteiger partial charge in [0.15, 0.2) is 0 Å². The molecule has 0 spiro atoms. The predicted molar refractivity (Wildman–Crippen MR) is 67.5 cm³/mol. The van der Waals surface area contributed by atoms with Crippen molar-refractivity contribution >= 4 is 11.0 Å². The summed E-state index contributed by atoms with van der Waals surface area (Å²) >= 11 is 0. The molecule has 0 radical (unpaired) electrons. The van der Waals surface area contributed by atoms with Gasteiger partial charge in [-0.1, -0.05) is 6.07 Å². The summed E-state index contributed by atoms with van der Waals surface area (Å²) in [6.45, 7) is 3.90. The van der Waals surface area contributed by atoms with Crippen molar-refractivity contribution in [3.05, 3.63) is 30.0 Å². The van der Waals surface area contributed by atoms with Crippen molar-refractivity contribution in [2.75, 3.05) is 13.2 Å². The molecule has 2 heterocycles. The van der Waals surface area contributed by atoms with Gasteiger partial charge in [0.25, 0.3) is 0 Å². The molecule has 0 saturated carbocycles. The Labute approximate surface area is 101 Å². The highest BCUT2D eigenvalue weighted by molar-refractivity contribution is 5.87. The van der Waals surface area contributed by atoms with Gasteiger partial charge in [-0.2, -0.15) is 0 Å². The molecule has 3 rings (SSSR count). The van der Waals surface area contributed by atoms with Crippen LogP contribution in [0.5, 0.6) is 5.75 Å². The van der Waals surface area contributed by atoms with Crippen molar-refractivity contribution in [1.82, 2.24) is 5.32 Å². The van der Waals surface area contributed by atoms with E-state index in [1.165, 1.54) is 12.8 Å². The Morgan fingerprint density at radius 3 is 3.24 bits per heavy atom. The van der Waals surface area contributed by atoms with Crippen LogP contribution in [-0.4, -0.2) is 19.2 Å². The van der Waals surface area contributed by atoms with E-state index in [4.69, 9.17) is 9.15 Å². The molecular formula is C14H17NO2. The highest BCUT2D eigenvalue weighted by atomic mass is 16.5. The number of hydrogen-bond donors (Lipinski definition) is 1. The Balaban J connectivity index is 1.81. The summed E-state index contributed by atoms with van der Waals surface area (Å²) in [6, 6.07) is 6.46. The summed E-state index contributed by atoms with van der Waals surface area (Å²) in [4.78, 5) is 0. The Kier molecular flexibility index (Phi) is 2.77. The molecule has 1 fully saturated rings.